The molecule has 0 spiro atoms. The molecule has 7 heteroatoms. The van der Waals surface area contributed by atoms with E-state index in [1.165, 1.54) is 11.7 Å². The van der Waals surface area contributed by atoms with Gasteiger partial charge in [0, 0.05) is 25.4 Å². The maximum Gasteiger partial charge on any atom is 0.346 e. The summed E-state index contributed by atoms with van der Waals surface area (Å²) in [6, 6.07) is 0.262. The first kappa shape index (κ1) is 13.2. The number of nitrogens with one attached hydrogen (secondary N) is 1. The number of aromatic nitrogens is 3. The molecule has 2 atom stereocenters. The molecular weight excluding hydrogens is 252 g/mol. The van der Waals surface area contributed by atoms with E-state index in [1.807, 2.05) is 11.8 Å². The monoisotopic (exact) mass is 270 g/mol. The molecule has 1 saturated carbocycles. The van der Waals surface area contributed by atoms with Crippen LogP contribution in [0.25, 0.3) is 0 Å². The molecule has 1 aliphatic carbocycles. The van der Waals surface area contributed by atoms with E-state index in [0.29, 0.717) is 5.25 Å². The molecule has 1 aliphatic rings. The molecule has 6 nitrogen and oxygen atoms in total. The first-order valence-electron chi connectivity index (χ1n) is 5.98. The second-order valence-electron chi connectivity index (χ2n) is 4.57. The van der Waals surface area contributed by atoms with Gasteiger partial charge in [0.1, 0.15) is 0 Å². The van der Waals surface area contributed by atoms with Gasteiger partial charge < -0.3 is 5.32 Å². The van der Waals surface area contributed by atoms with Gasteiger partial charge in [0.05, 0.1) is 0 Å². The molecule has 2 unspecified atom stereocenters. The lowest BCUT2D eigenvalue weighted by Crippen LogP contribution is -2.41. The highest BCUT2D eigenvalue weighted by molar-refractivity contribution is 7.99. The van der Waals surface area contributed by atoms with Crippen LogP contribution in [0.5, 0.6) is 0 Å². The lowest BCUT2D eigenvalue weighted by atomic mass is 10.2. The van der Waals surface area contributed by atoms with Gasteiger partial charge in [-0.05, 0) is 19.1 Å². The summed E-state index contributed by atoms with van der Waals surface area (Å²) in [7, 11) is 3.02. The Balaban J connectivity index is 2.30. The van der Waals surface area contributed by atoms with Crippen molar-refractivity contribution in [2.45, 2.75) is 30.6 Å². The maximum absolute atomic E-state index is 11.9. The largest absolute Gasteiger partial charge is 0.360 e. The van der Waals surface area contributed by atoms with Crippen molar-refractivity contribution >= 4 is 17.6 Å². The fraction of sp³-hybridized carbons (Fsp3) is 0.727. The SMILES string of the molecule is CSC1CCCC1Nc1nn(C)c(=O)n(C)c1=O. The van der Waals surface area contributed by atoms with Gasteiger partial charge >= 0.3 is 5.69 Å². The van der Waals surface area contributed by atoms with E-state index < -0.39 is 5.69 Å². The minimum absolute atomic E-state index is 0.262. The van der Waals surface area contributed by atoms with Gasteiger partial charge in [-0.1, -0.05) is 6.42 Å². The van der Waals surface area contributed by atoms with Crippen LogP contribution < -0.4 is 16.6 Å². The Bertz CT molecular complexity index is 551. The number of hydrogen-bond donors (Lipinski definition) is 1. The number of anilines is 1. The number of rotatable bonds is 3. The van der Waals surface area contributed by atoms with E-state index in [9.17, 15) is 9.59 Å². The van der Waals surface area contributed by atoms with Gasteiger partial charge in [-0.15, -0.1) is 5.10 Å². The van der Waals surface area contributed by atoms with E-state index >= 15 is 0 Å². The third-order valence-electron chi connectivity index (χ3n) is 3.40. The highest BCUT2D eigenvalue weighted by Gasteiger charge is 2.27. The second kappa shape index (κ2) is 5.17. The van der Waals surface area contributed by atoms with E-state index in [0.717, 1.165) is 23.8 Å². The zero-order valence-corrected chi connectivity index (χ0v) is 11.7. The topological polar surface area (TPSA) is 68.9 Å². The minimum atomic E-state index is -0.404. The van der Waals surface area contributed by atoms with Crippen LogP contribution in [0, 0.1) is 0 Å². The molecule has 1 aromatic rings. The molecule has 0 aliphatic heterocycles. The number of thioether (sulfide) groups is 1. The summed E-state index contributed by atoms with van der Waals surface area (Å²) in [5, 5.41) is 7.72. The molecule has 1 N–H and O–H groups in total. The first-order chi connectivity index (χ1) is 8.54. The van der Waals surface area contributed by atoms with Crippen molar-refractivity contribution in [2.24, 2.45) is 14.1 Å². The van der Waals surface area contributed by atoms with E-state index in [2.05, 4.69) is 16.7 Å². The van der Waals surface area contributed by atoms with Crippen LogP contribution in [0.4, 0.5) is 5.82 Å². The third kappa shape index (κ3) is 2.31. The molecular formula is C11H18N4O2S. The Morgan fingerprint density at radius 2 is 2.06 bits per heavy atom. The van der Waals surface area contributed by atoms with E-state index in [4.69, 9.17) is 0 Å². The minimum Gasteiger partial charge on any atom is -0.360 e. The predicted molar refractivity (Wildman–Crippen MR) is 73.3 cm³/mol. The number of hydrogen-bond acceptors (Lipinski definition) is 5. The Labute approximate surface area is 109 Å². The average molecular weight is 270 g/mol. The molecule has 18 heavy (non-hydrogen) atoms. The van der Waals surface area contributed by atoms with Gasteiger partial charge in [0.15, 0.2) is 0 Å². The van der Waals surface area contributed by atoms with Crippen molar-refractivity contribution < 1.29 is 0 Å². The van der Waals surface area contributed by atoms with Gasteiger partial charge in [0.2, 0.25) is 5.82 Å². The molecule has 1 heterocycles. The summed E-state index contributed by atoms with van der Waals surface area (Å²) in [6.45, 7) is 0. The first-order valence-corrected chi connectivity index (χ1v) is 7.27. The molecule has 0 aromatic carbocycles. The van der Waals surface area contributed by atoms with E-state index in [1.54, 1.807) is 7.05 Å². The van der Waals surface area contributed by atoms with Crippen LogP contribution in [0.3, 0.4) is 0 Å². The lowest BCUT2D eigenvalue weighted by Gasteiger charge is -2.19. The van der Waals surface area contributed by atoms with Crippen molar-refractivity contribution in [2.75, 3.05) is 11.6 Å². The Morgan fingerprint density at radius 1 is 1.33 bits per heavy atom. The molecule has 0 bridgehead atoms. The summed E-state index contributed by atoms with van der Waals surface area (Å²) >= 11 is 1.81. The Morgan fingerprint density at radius 3 is 2.72 bits per heavy atom. The fourth-order valence-corrected chi connectivity index (χ4v) is 3.27. The van der Waals surface area contributed by atoms with Gasteiger partial charge in [-0.3, -0.25) is 9.36 Å². The van der Waals surface area contributed by atoms with Crippen molar-refractivity contribution in [1.82, 2.24) is 14.3 Å². The Hall–Kier alpha value is -1.24. The zero-order valence-electron chi connectivity index (χ0n) is 10.8. The smallest absolute Gasteiger partial charge is 0.346 e. The average Bonchev–Trinajstić information content (AvgIpc) is 2.80. The molecule has 0 amide bonds. The van der Waals surface area contributed by atoms with Gasteiger partial charge in [-0.2, -0.15) is 11.8 Å². The van der Waals surface area contributed by atoms with Crippen LogP contribution in [-0.4, -0.2) is 31.9 Å². The molecule has 1 aromatic heterocycles. The van der Waals surface area contributed by atoms with Crippen LogP contribution >= 0.6 is 11.8 Å². The molecule has 2 rings (SSSR count). The molecule has 1 fully saturated rings. The van der Waals surface area contributed by atoms with Crippen molar-refractivity contribution in [3.05, 3.63) is 20.8 Å². The van der Waals surface area contributed by atoms with Gasteiger partial charge in [-0.25, -0.2) is 9.48 Å². The van der Waals surface area contributed by atoms with Crippen molar-refractivity contribution in [3.63, 3.8) is 0 Å². The van der Waals surface area contributed by atoms with Crippen LogP contribution in [0.1, 0.15) is 19.3 Å². The quantitative estimate of drug-likeness (QED) is 0.848. The second-order valence-corrected chi connectivity index (χ2v) is 5.65. The fourth-order valence-electron chi connectivity index (χ4n) is 2.34. The van der Waals surface area contributed by atoms with Crippen LogP contribution in [0.2, 0.25) is 0 Å². The lowest BCUT2D eigenvalue weighted by molar-refractivity contribution is 0.598. The van der Waals surface area contributed by atoms with Gasteiger partial charge in [0.25, 0.3) is 5.56 Å². The summed E-state index contributed by atoms with van der Waals surface area (Å²) in [6.07, 6.45) is 5.44. The third-order valence-corrected chi connectivity index (χ3v) is 4.57. The van der Waals surface area contributed by atoms with Crippen molar-refractivity contribution in [1.29, 1.82) is 0 Å². The standard InChI is InChI=1S/C11H18N4O2S/c1-14-10(16)9(13-15(2)11(14)17)12-7-5-4-6-8(7)18-3/h7-8H,4-6H2,1-3H3,(H,12,13). The predicted octanol–water partition coefficient (Wildman–Crippen LogP) is 0.175. The normalized spacial score (nSPS) is 23.3. The summed E-state index contributed by atoms with van der Waals surface area (Å²) in [5.41, 5.74) is -0.761. The van der Waals surface area contributed by atoms with Crippen LogP contribution in [-0.2, 0) is 14.1 Å². The molecule has 100 valence electrons. The molecule has 0 saturated heterocycles. The van der Waals surface area contributed by atoms with Crippen molar-refractivity contribution in [3.8, 4) is 0 Å². The van der Waals surface area contributed by atoms with Crippen LogP contribution in [0.15, 0.2) is 9.59 Å². The summed E-state index contributed by atoms with van der Waals surface area (Å²) < 4.78 is 2.27. The molecule has 0 radical (unpaired) electrons. The highest BCUT2D eigenvalue weighted by Crippen LogP contribution is 2.29. The highest BCUT2D eigenvalue weighted by atomic mass is 32.2. The van der Waals surface area contributed by atoms with E-state index in [-0.39, 0.29) is 17.4 Å². The zero-order chi connectivity index (χ0) is 13.3. The number of nitrogens with zero attached hydrogens (tertiary/aromatic N) is 3. The maximum atomic E-state index is 11.9. The Kier molecular flexibility index (Phi) is 3.79. The summed E-state index contributed by atoms with van der Waals surface area (Å²) in [4.78, 5) is 23.5. The summed E-state index contributed by atoms with van der Waals surface area (Å²) in [5.74, 6) is 0.269. The number of aryl methyl sites for hydroxylation is 1.